The standard InChI is InChI=1S/C26H26ClNO5/c27-22-5-3-4-18(13-22)20-12-21-15-28(26(29)19-7-10-30-16-19)8-11-32-25(21)24(14-20)33-17-23-6-1-2-9-31-23/h3-5,7,10,12-14,16,23H,1-2,6,8-9,11,15,17H2/t23-/m0/s1. The van der Waals surface area contributed by atoms with Crippen LogP contribution in [0.5, 0.6) is 11.5 Å². The van der Waals surface area contributed by atoms with Crippen molar-refractivity contribution < 1.29 is 23.4 Å². The summed E-state index contributed by atoms with van der Waals surface area (Å²) >= 11 is 6.25. The summed E-state index contributed by atoms with van der Waals surface area (Å²) in [7, 11) is 0. The van der Waals surface area contributed by atoms with E-state index in [0.29, 0.717) is 48.4 Å². The third kappa shape index (κ3) is 5.02. The molecule has 0 N–H and O–H groups in total. The Morgan fingerprint density at radius 3 is 2.85 bits per heavy atom. The molecule has 1 atom stereocenters. The molecule has 0 spiro atoms. The molecule has 2 aliphatic heterocycles. The average Bonchev–Trinajstić information content (AvgIpc) is 3.29. The van der Waals surface area contributed by atoms with Gasteiger partial charge in [-0.15, -0.1) is 0 Å². The molecular formula is C26H26ClNO5. The van der Waals surface area contributed by atoms with E-state index in [9.17, 15) is 4.79 Å². The van der Waals surface area contributed by atoms with Crippen LogP contribution in [0.4, 0.5) is 0 Å². The van der Waals surface area contributed by atoms with Crippen molar-refractivity contribution in [3.63, 3.8) is 0 Å². The van der Waals surface area contributed by atoms with E-state index in [-0.39, 0.29) is 12.0 Å². The predicted molar refractivity (Wildman–Crippen MR) is 125 cm³/mol. The summed E-state index contributed by atoms with van der Waals surface area (Å²) in [6.45, 7) is 2.49. The van der Waals surface area contributed by atoms with Crippen LogP contribution in [-0.4, -0.2) is 43.3 Å². The molecule has 33 heavy (non-hydrogen) atoms. The van der Waals surface area contributed by atoms with Crippen molar-refractivity contribution in [2.45, 2.75) is 31.9 Å². The van der Waals surface area contributed by atoms with Gasteiger partial charge >= 0.3 is 0 Å². The molecule has 3 aromatic rings. The molecule has 1 aromatic heterocycles. The van der Waals surface area contributed by atoms with E-state index >= 15 is 0 Å². The molecule has 3 heterocycles. The lowest BCUT2D eigenvalue weighted by Crippen LogP contribution is -2.32. The Morgan fingerprint density at radius 2 is 2.06 bits per heavy atom. The van der Waals surface area contributed by atoms with Gasteiger partial charge in [0.1, 0.15) is 19.5 Å². The summed E-state index contributed by atoms with van der Waals surface area (Å²) < 4.78 is 23.3. The van der Waals surface area contributed by atoms with Gasteiger partial charge < -0.3 is 23.5 Å². The van der Waals surface area contributed by atoms with Crippen molar-refractivity contribution >= 4 is 17.5 Å². The molecule has 1 amide bonds. The normalized spacial score (nSPS) is 18.2. The summed E-state index contributed by atoms with van der Waals surface area (Å²) in [6.07, 6.45) is 6.29. The van der Waals surface area contributed by atoms with Gasteiger partial charge in [0.15, 0.2) is 11.5 Å². The topological polar surface area (TPSA) is 61.1 Å². The molecule has 5 rings (SSSR count). The van der Waals surface area contributed by atoms with E-state index in [4.69, 9.17) is 30.2 Å². The number of carbonyl (C=O) groups excluding carboxylic acids is 1. The van der Waals surface area contributed by atoms with Crippen LogP contribution in [0.2, 0.25) is 5.02 Å². The molecule has 7 heteroatoms. The van der Waals surface area contributed by atoms with Gasteiger partial charge in [0, 0.05) is 23.7 Å². The van der Waals surface area contributed by atoms with Crippen LogP contribution < -0.4 is 9.47 Å². The summed E-state index contributed by atoms with van der Waals surface area (Å²) in [4.78, 5) is 14.8. The smallest absolute Gasteiger partial charge is 0.257 e. The van der Waals surface area contributed by atoms with Crippen molar-refractivity contribution in [2.24, 2.45) is 0 Å². The molecule has 0 aliphatic carbocycles. The highest BCUT2D eigenvalue weighted by molar-refractivity contribution is 6.30. The van der Waals surface area contributed by atoms with Crippen molar-refractivity contribution in [2.75, 3.05) is 26.4 Å². The Bertz CT molecular complexity index is 1110. The van der Waals surface area contributed by atoms with Crippen molar-refractivity contribution in [3.8, 4) is 22.6 Å². The monoisotopic (exact) mass is 467 g/mol. The number of rotatable bonds is 5. The average molecular weight is 468 g/mol. The number of halogens is 1. The van der Waals surface area contributed by atoms with Gasteiger partial charge in [-0.1, -0.05) is 23.7 Å². The Morgan fingerprint density at radius 1 is 1.12 bits per heavy atom. The summed E-state index contributed by atoms with van der Waals surface area (Å²) in [6, 6.07) is 13.4. The number of hydrogen-bond donors (Lipinski definition) is 0. The van der Waals surface area contributed by atoms with Crippen LogP contribution in [-0.2, 0) is 11.3 Å². The second kappa shape index (κ2) is 9.89. The Balaban J connectivity index is 1.48. The Hall–Kier alpha value is -2.96. The SMILES string of the molecule is O=C(c1ccoc1)N1CCOc2c(cc(-c3cccc(Cl)c3)cc2OC[C@@H]2CCCCO2)C1. The molecule has 2 aromatic carbocycles. The summed E-state index contributed by atoms with van der Waals surface area (Å²) in [5.41, 5.74) is 3.34. The highest BCUT2D eigenvalue weighted by Crippen LogP contribution is 2.39. The number of benzene rings is 2. The van der Waals surface area contributed by atoms with Gasteiger partial charge in [-0.3, -0.25) is 4.79 Å². The van der Waals surface area contributed by atoms with Crippen molar-refractivity contribution in [1.29, 1.82) is 0 Å². The first-order valence-electron chi connectivity index (χ1n) is 11.3. The zero-order chi connectivity index (χ0) is 22.6. The van der Waals surface area contributed by atoms with Crippen molar-refractivity contribution in [1.82, 2.24) is 4.90 Å². The minimum Gasteiger partial charge on any atom is -0.487 e. The number of ether oxygens (including phenoxy) is 3. The molecule has 172 valence electrons. The number of fused-ring (bicyclic) bond motifs is 1. The van der Waals surface area contributed by atoms with Crippen LogP contribution in [0.1, 0.15) is 35.2 Å². The molecule has 0 unspecified atom stereocenters. The number of carbonyl (C=O) groups is 1. The highest BCUT2D eigenvalue weighted by atomic mass is 35.5. The van der Waals surface area contributed by atoms with Gasteiger partial charge in [0.05, 0.1) is 24.5 Å². The fraction of sp³-hybridized carbons (Fsp3) is 0.346. The van der Waals surface area contributed by atoms with Crippen LogP contribution in [0.15, 0.2) is 59.4 Å². The second-order valence-electron chi connectivity index (χ2n) is 8.36. The van der Waals surface area contributed by atoms with Gasteiger partial charge in [-0.05, 0) is 60.7 Å². The van der Waals surface area contributed by atoms with E-state index < -0.39 is 0 Å². The minimum atomic E-state index is -0.0913. The number of nitrogens with zero attached hydrogens (tertiary/aromatic N) is 1. The van der Waals surface area contributed by atoms with Gasteiger partial charge in [-0.2, -0.15) is 0 Å². The van der Waals surface area contributed by atoms with E-state index in [0.717, 1.165) is 42.6 Å². The summed E-state index contributed by atoms with van der Waals surface area (Å²) in [5.74, 6) is 1.25. The van der Waals surface area contributed by atoms with Gasteiger partial charge in [0.2, 0.25) is 0 Å². The lowest BCUT2D eigenvalue weighted by Gasteiger charge is -2.24. The number of furan rings is 1. The molecule has 2 aliphatic rings. The molecule has 1 fully saturated rings. The molecule has 6 nitrogen and oxygen atoms in total. The number of hydrogen-bond acceptors (Lipinski definition) is 5. The van der Waals surface area contributed by atoms with Gasteiger partial charge in [0.25, 0.3) is 5.91 Å². The molecule has 0 bridgehead atoms. The summed E-state index contributed by atoms with van der Waals surface area (Å²) in [5, 5.41) is 0.661. The third-order valence-electron chi connectivity index (χ3n) is 6.01. The lowest BCUT2D eigenvalue weighted by atomic mass is 10.0. The zero-order valence-corrected chi connectivity index (χ0v) is 19.1. The third-order valence-corrected chi connectivity index (χ3v) is 6.25. The van der Waals surface area contributed by atoms with Crippen LogP contribution in [0, 0.1) is 0 Å². The Kier molecular flexibility index (Phi) is 6.55. The fourth-order valence-electron chi connectivity index (χ4n) is 4.29. The number of amides is 1. The zero-order valence-electron chi connectivity index (χ0n) is 18.3. The lowest BCUT2D eigenvalue weighted by molar-refractivity contribution is -0.0115. The van der Waals surface area contributed by atoms with Crippen LogP contribution in [0.25, 0.3) is 11.1 Å². The second-order valence-corrected chi connectivity index (χ2v) is 8.80. The maximum Gasteiger partial charge on any atom is 0.257 e. The highest BCUT2D eigenvalue weighted by Gasteiger charge is 2.26. The van der Waals surface area contributed by atoms with E-state index in [2.05, 4.69) is 0 Å². The van der Waals surface area contributed by atoms with Crippen molar-refractivity contribution in [3.05, 3.63) is 71.1 Å². The van der Waals surface area contributed by atoms with Crippen LogP contribution >= 0.6 is 11.6 Å². The predicted octanol–water partition coefficient (Wildman–Crippen LogP) is 5.58. The fourth-order valence-corrected chi connectivity index (χ4v) is 4.48. The van der Waals surface area contributed by atoms with Gasteiger partial charge in [-0.25, -0.2) is 0 Å². The quantitative estimate of drug-likeness (QED) is 0.490. The van der Waals surface area contributed by atoms with E-state index in [1.165, 1.54) is 12.5 Å². The molecule has 0 radical (unpaired) electrons. The first kappa shape index (κ1) is 21.9. The van der Waals surface area contributed by atoms with Crippen LogP contribution in [0.3, 0.4) is 0 Å². The Labute approximate surface area is 198 Å². The largest absolute Gasteiger partial charge is 0.487 e. The van der Waals surface area contributed by atoms with E-state index in [1.54, 1.807) is 11.0 Å². The molecule has 1 saturated heterocycles. The first-order valence-corrected chi connectivity index (χ1v) is 11.7. The maximum absolute atomic E-state index is 13.0. The molecular weight excluding hydrogens is 442 g/mol. The van der Waals surface area contributed by atoms with E-state index in [1.807, 2.05) is 36.4 Å². The first-order chi connectivity index (χ1) is 16.2. The molecule has 0 saturated carbocycles. The minimum absolute atomic E-state index is 0.0779. The maximum atomic E-state index is 13.0.